The first-order valence-electron chi connectivity index (χ1n) is 11.3. The van der Waals surface area contributed by atoms with Crippen molar-refractivity contribution in [3.63, 3.8) is 0 Å². The topological polar surface area (TPSA) is 51.9 Å². The van der Waals surface area contributed by atoms with Gasteiger partial charge in [0, 0.05) is 24.2 Å². The fourth-order valence-electron chi connectivity index (χ4n) is 4.69. The van der Waals surface area contributed by atoms with E-state index >= 15 is 0 Å². The first-order valence-corrected chi connectivity index (χ1v) is 11.7. The summed E-state index contributed by atoms with van der Waals surface area (Å²) in [7, 11) is 1.67. The molecule has 0 aliphatic carbocycles. The van der Waals surface area contributed by atoms with Crippen molar-refractivity contribution in [3.8, 4) is 11.4 Å². The summed E-state index contributed by atoms with van der Waals surface area (Å²) in [6.07, 6.45) is 8.41. The van der Waals surface area contributed by atoms with Crippen LogP contribution in [0.25, 0.3) is 11.8 Å². The molecule has 2 aliphatic heterocycles. The number of oxime groups is 1. The summed E-state index contributed by atoms with van der Waals surface area (Å²) in [5.41, 5.74) is 4.79. The molecule has 0 N–H and O–H groups in total. The zero-order chi connectivity index (χ0) is 23.7. The molecule has 1 fully saturated rings. The number of aromatic nitrogens is 2. The number of methoxy groups -OCH3 is 1. The van der Waals surface area contributed by atoms with Crippen molar-refractivity contribution in [2.75, 3.05) is 20.3 Å². The molecule has 184 valence electrons. The lowest BCUT2D eigenvalue weighted by Crippen LogP contribution is -2.39. The molecule has 2 aliphatic rings. The lowest BCUT2D eigenvalue weighted by atomic mass is 9.95. The van der Waals surface area contributed by atoms with Gasteiger partial charge in [-0.25, -0.2) is 9.37 Å². The molecule has 1 atom stereocenters. The summed E-state index contributed by atoms with van der Waals surface area (Å²) in [5, 5.41) is 4.85. The Morgan fingerprint density at radius 1 is 1.23 bits per heavy atom. The maximum Gasteiger partial charge on any atom is 0.171 e. The Morgan fingerprint density at radius 3 is 2.83 bits per heavy atom. The number of fused-ring (bicyclic) bond motifs is 1. The van der Waals surface area contributed by atoms with Gasteiger partial charge in [0.2, 0.25) is 0 Å². The maximum absolute atomic E-state index is 14.1. The number of rotatable bonds is 4. The monoisotopic (exact) mass is 496 g/mol. The highest BCUT2D eigenvalue weighted by molar-refractivity contribution is 6.30. The number of amidine groups is 1. The summed E-state index contributed by atoms with van der Waals surface area (Å²) < 4.78 is 21.7. The summed E-state index contributed by atoms with van der Waals surface area (Å²) >= 11 is 6.16. The molecule has 0 saturated carbocycles. The Bertz CT molecular complexity index is 1250. The van der Waals surface area contributed by atoms with E-state index in [1.54, 1.807) is 19.5 Å². The normalized spacial score (nSPS) is 18.7. The Morgan fingerprint density at radius 2 is 2.09 bits per heavy atom. The third-order valence-electron chi connectivity index (χ3n) is 6.22. The first-order chi connectivity index (χ1) is 16.5. The van der Waals surface area contributed by atoms with Gasteiger partial charge in [-0.2, -0.15) is 0 Å². The van der Waals surface area contributed by atoms with Gasteiger partial charge in [-0.05, 0) is 72.9 Å². The molecular formula is C27H30ClFN4O2. The van der Waals surface area contributed by atoms with Gasteiger partial charge in [-0.15, -0.1) is 0 Å². The second kappa shape index (κ2) is 10.5. The average molecular weight is 497 g/mol. The highest BCUT2D eigenvalue weighted by Crippen LogP contribution is 2.35. The van der Waals surface area contributed by atoms with Gasteiger partial charge in [0.15, 0.2) is 5.84 Å². The number of piperidine rings is 1. The molecule has 0 amide bonds. The minimum absolute atomic E-state index is 0. The molecule has 0 unspecified atom stereocenters. The Labute approximate surface area is 210 Å². The summed E-state index contributed by atoms with van der Waals surface area (Å²) in [5.74, 6) is 1.22. The van der Waals surface area contributed by atoms with E-state index in [9.17, 15) is 4.39 Å². The van der Waals surface area contributed by atoms with Crippen LogP contribution in [0.1, 0.15) is 49.6 Å². The zero-order valence-corrected chi connectivity index (χ0v) is 19.9. The lowest BCUT2D eigenvalue weighted by molar-refractivity contribution is 0.140. The van der Waals surface area contributed by atoms with Crippen molar-refractivity contribution < 1.29 is 14.0 Å². The molecule has 0 radical (unpaired) electrons. The molecule has 3 aromatic rings. The highest BCUT2D eigenvalue weighted by Gasteiger charge is 2.31. The van der Waals surface area contributed by atoms with Crippen LogP contribution in [0.15, 0.2) is 59.7 Å². The largest absolute Gasteiger partial charge is 0.495 e. The van der Waals surface area contributed by atoms with Crippen LogP contribution in [0.5, 0.6) is 5.75 Å². The average Bonchev–Trinajstić information content (AvgIpc) is 3.12. The van der Waals surface area contributed by atoms with Gasteiger partial charge in [-0.3, -0.25) is 0 Å². The molecule has 5 rings (SSSR count). The van der Waals surface area contributed by atoms with Crippen LogP contribution in [0.3, 0.4) is 0 Å². The molecular weight excluding hydrogens is 467 g/mol. The van der Waals surface area contributed by atoms with Crippen molar-refractivity contribution in [1.29, 1.82) is 0 Å². The van der Waals surface area contributed by atoms with E-state index in [4.69, 9.17) is 21.2 Å². The van der Waals surface area contributed by atoms with Gasteiger partial charge in [-0.1, -0.05) is 30.2 Å². The number of aryl methyl sites for hydroxylation is 1. The summed E-state index contributed by atoms with van der Waals surface area (Å²) in [6.45, 7) is 3.23. The van der Waals surface area contributed by atoms with Crippen molar-refractivity contribution in [1.82, 2.24) is 14.5 Å². The molecule has 1 saturated heterocycles. The van der Waals surface area contributed by atoms with E-state index in [2.05, 4.69) is 27.2 Å². The van der Waals surface area contributed by atoms with Crippen LogP contribution < -0.4 is 4.74 Å². The maximum atomic E-state index is 14.1. The molecule has 0 spiro atoms. The number of hydrogen-bond acceptors (Lipinski definition) is 5. The van der Waals surface area contributed by atoms with Gasteiger partial charge in [0.25, 0.3) is 0 Å². The van der Waals surface area contributed by atoms with Crippen LogP contribution >= 0.6 is 11.6 Å². The van der Waals surface area contributed by atoms with Crippen molar-refractivity contribution in [2.24, 2.45) is 5.16 Å². The predicted octanol–water partition coefficient (Wildman–Crippen LogP) is 6.57. The summed E-state index contributed by atoms with van der Waals surface area (Å²) in [4.78, 5) is 12.1. The molecule has 0 bridgehead atoms. The van der Waals surface area contributed by atoms with E-state index in [0.29, 0.717) is 18.1 Å². The molecule has 8 heteroatoms. The third kappa shape index (κ3) is 5.20. The zero-order valence-electron chi connectivity index (χ0n) is 19.2. The second-order valence-corrected chi connectivity index (χ2v) is 9.01. The lowest BCUT2D eigenvalue weighted by Gasteiger charge is -2.36. The van der Waals surface area contributed by atoms with Crippen molar-refractivity contribution in [3.05, 3.63) is 82.2 Å². The molecule has 35 heavy (non-hydrogen) atoms. The number of nitrogens with zero attached hydrogens (tertiary/aromatic N) is 4. The van der Waals surface area contributed by atoms with Crippen LogP contribution in [0, 0.1) is 12.7 Å². The van der Waals surface area contributed by atoms with E-state index in [0.717, 1.165) is 59.1 Å². The van der Waals surface area contributed by atoms with E-state index in [-0.39, 0.29) is 19.3 Å². The van der Waals surface area contributed by atoms with E-state index in [1.165, 1.54) is 6.07 Å². The van der Waals surface area contributed by atoms with E-state index in [1.807, 2.05) is 35.9 Å². The number of ether oxygens (including phenoxy) is 1. The first kappa shape index (κ1) is 24.8. The Balaban J connectivity index is 0.00000289. The predicted molar refractivity (Wildman–Crippen MR) is 138 cm³/mol. The van der Waals surface area contributed by atoms with Crippen LogP contribution in [-0.2, 0) is 4.84 Å². The van der Waals surface area contributed by atoms with E-state index < -0.39 is 0 Å². The fraction of sp³-hybridized carbons (Fsp3) is 0.333. The molecule has 3 heterocycles. The van der Waals surface area contributed by atoms with Crippen molar-refractivity contribution in [2.45, 2.75) is 39.7 Å². The second-order valence-electron chi connectivity index (χ2n) is 8.58. The molecule has 6 nitrogen and oxygen atoms in total. The van der Waals surface area contributed by atoms with Crippen LogP contribution in [0.2, 0.25) is 5.02 Å². The number of hydrogen-bond donors (Lipinski definition) is 0. The molecule has 1 aromatic heterocycles. The van der Waals surface area contributed by atoms with Gasteiger partial charge < -0.3 is 19.0 Å². The number of halogens is 2. The fourth-order valence-corrected chi connectivity index (χ4v) is 4.92. The third-order valence-corrected chi connectivity index (χ3v) is 6.44. The smallest absolute Gasteiger partial charge is 0.171 e. The van der Waals surface area contributed by atoms with Crippen LogP contribution in [-0.4, -0.2) is 40.5 Å². The Kier molecular flexibility index (Phi) is 7.45. The number of imidazole rings is 1. The standard InChI is InChI=1S/C26H26ClFN4O2.CH4/c1-17-15-31(16-29-17)24-6-5-18(11-25(24)33-2)10-19-4-3-8-32-23(7-9-34-30-26(19)32)20-12-21(27)14-22(28)13-20;/h5-6,10-16,23H,3-4,7-9H2,1-2H3;1H4/b19-10+;/t23-;/m0./s1. The summed E-state index contributed by atoms with van der Waals surface area (Å²) in [6, 6.07) is 10.8. The highest BCUT2D eigenvalue weighted by atomic mass is 35.5. The minimum Gasteiger partial charge on any atom is -0.495 e. The SMILES string of the molecule is C.COc1cc(/C=C2\CCCN3C2=NOCC[C@H]3c2cc(F)cc(Cl)c2)ccc1-n1cnc(C)c1. The van der Waals surface area contributed by atoms with Gasteiger partial charge >= 0.3 is 0 Å². The Hall–Kier alpha value is -3.32. The molecule has 2 aromatic carbocycles. The number of benzene rings is 2. The quantitative estimate of drug-likeness (QED) is 0.410. The van der Waals surface area contributed by atoms with Gasteiger partial charge in [0.05, 0.1) is 30.9 Å². The van der Waals surface area contributed by atoms with Crippen LogP contribution in [0.4, 0.5) is 4.39 Å². The minimum atomic E-state index is -0.334. The van der Waals surface area contributed by atoms with Gasteiger partial charge in [0.1, 0.15) is 18.2 Å². The van der Waals surface area contributed by atoms with Crippen molar-refractivity contribution >= 4 is 23.5 Å².